The Morgan fingerprint density at radius 2 is 1.37 bits per heavy atom. The summed E-state index contributed by atoms with van der Waals surface area (Å²) in [5.41, 5.74) is 2.03. The van der Waals surface area contributed by atoms with Crippen LogP contribution in [0.25, 0.3) is 0 Å². The van der Waals surface area contributed by atoms with Gasteiger partial charge in [0.1, 0.15) is 11.5 Å². The van der Waals surface area contributed by atoms with Crippen molar-refractivity contribution in [1.29, 1.82) is 0 Å². The summed E-state index contributed by atoms with van der Waals surface area (Å²) in [6.45, 7) is 0.632. The van der Waals surface area contributed by atoms with Crippen LogP contribution in [0.15, 0.2) is 84.9 Å². The summed E-state index contributed by atoms with van der Waals surface area (Å²) in [7, 11) is 0. The van der Waals surface area contributed by atoms with Crippen LogP contribution in [-0.2, 0) is 11.2 Å². The van der Waals surface area contributed by atoms with Gasteiger partial charge in [0.15, 0.2) is 6.61 Å². The van der Waals surface area contributed by atoms with Crippen LogP contribution in [0.4, 0.5) is 5.69 Å². The normalized spacial score (nSPS) is 10.2. The lowest BCUT2D eigenvalue weighted by Crippen LogP contribution is -2.20. The number of hydrogen-bond donors (Lipinski definition) is 1. The second-order valence-electron chi connectivity index (χ2n) is 6.11. The number of nitrogens with one attached hydrogen (secondary N) is 1. The number of anilines is 1. The van der Waals surface area contributed by atoms with Crippen molar-refractivity contribution in [2.75, 3.05) is 18.5 Å². The SMILES string of the molecule is O=C(COc1ccccc1)Nc1ccc(OCCCc2ccccc2)cc1. The molecular formula is C23H23NO3. The number of ether oxygens (including phenoxy) is 2. The van der Waals surface area contributed by atoms with E-state index < -0.39 is 0 Å². The maximum absolute atomic E-state index is 11.9. The van der Waals surface area contributed by atoms with E-state index in [0.717, 1.165) is 18.6 Å². The molecule has 1 N–H and O–H groups in total. The molecule has 0 fully saturated rings. The zero-order valence-electron chi connectivity index (χ0n) is 15.1. The summed E-state index contributed by atoms with van der Waals surface area (Å²) >= 11 is 0. The molecule has 4 heteroatoms. The number of hydrogen-bond acceptors (Lipinski definition) is 3. The average Bonchev–Trinajstić information content (AvgIpc) is 2.72. The fourth-order valence-corrected chi connectivity index (χ4v) is 2.61. The highest BCUT2D eigenvalue weighted by molar-refractivity contribution is 5.91. The Morgan fingerprint density at radius 1 is 0.741 bits per heavy atom. The van der Waals surface area contributed by atoms with Crippen molar-refractivity contribution in [1.82, 2.24) is 0 Å². The molecular weight excluding hydrogens is 338 g/mol. The summed E-state index contributed by atoms with van der Waals surface area (Å²) in [6, 6.07) is 27.0. The third kappa shape index (κ3) is 6.51. The number of carbonyl (C=O) groups is 1. The van der Waals surface area contributed by atoms with Gasteiger partial charge in [0.05, 0.1) is 6.61 Å². The van der Waals surface area contributed by atoms with Gasteiger partial charge in [-0.3, -0.25) is 4.79 Å². The first-order chi connectivity index (χ1) is 13.3. The van der Waals surface area contributed by atoms with Gasteiger partial charge in [-0.05, 0) is 54.8 Å². The van der Waals surface area contributed by atoms with Gasteiger partial charge in [-0.2, -0.15) is 0 Å². The quantitative estimate of drug-likeness (QED) is 0.561. The van der Waals surface area contributed by atoms with Gasteiger partial charge in [-0.15, -0.1) is 0 Å². The molecule has 0 spiro atoms. The van der Waals surface area contributed by atoms with Crippen molar-refractivity contribution in [2.45, 2.75) is 12.8 Å². The van der Waals surface area contributed by atoms with E-state index in [1.54, 1.807) is 0 Å². The van der Waals surface area contributed by atoms with E-state index in [4.69, 9.17) is 9.47 Å². The maximum Gasteiger partial charge on any atom is 0.262 e. The van der Waals surface area contributed by atoms with Crippen LogP contribution in [0.3, 0.4) is 0 Å². The van der Waals surface area contributed by atoms with Crippen molar-refractivity contribution in [2.24, 2.45) is 0 Å². The summed E-state index contributed by atoms with van der Waals surface area (Å²) in [6.07, 6.45) is 1.95. The Bertz CT molecular complexity index is 817. The molecule has 138 valence electrons. The molecule has 0 saturated heterocycles. The molecule has 0 aliphatic rings. The van der Waals surface area contributed by atoms with Crippen LogP contribution in [-0.4, -0.2) is 19.1 Å². The largest absolute Gasteiger partial charge is 0.494 e. The number of rotatable bonds is 9. The molecule has 0 bridgehead atoms. The minimum atomic E-state index is -0.199. The van der Waals surface area contributed by atoms with Gasteiger partial charge in [-0.25, -0.2) is 0 Å². The summed E-state index contributed by atoms with van der Waals surface area (Å²) in [5, 5.41) is 2.81. The third-order valence-electron chi connectivity index (χ3n) is 3.97. The topological polar surface area (TPSA) is 47.6 Å². The van der Waals surface area contributed by atoms with Gasteiger partial charge in [0, 0.05) is 5.69 Å². The third-order valence-corrected chi connectivity index (χ3v) is 3.97. The average molecular weight is 361 g/mol. The van der Waals surface area contributed by atoms with Gasteiger partial charge in [0.2, 0.25) is 0 Å². The van der Waals surface area contributed by atoms with E-state index in [2.05, 4.69) is 17.4 Å². The van der Waals surface area contributed by atoms with E-state index in [1.807, 2.05) is 72.8 Å². The summed E-state index contributed by atoms with van der Waals surface area (Å²) < 4.78 is 11.2. The zero-order chi connectivity index (χ0) is 18.7. The molecule has 0 aromatic heterocycles. The van der Waals surface area contributed by atoms with Crippen LogP contribution in [0.5, 0.6) is 11.5 Å². The number of benzene rings is 3. The van der Waals surface area contributed by atoms with Gasteiger partial charge < -0.3 is 14.8 Å². The predicted octanol–water partition coefficient (Wildman–Crippen LogP) is 4.72. The van der Waals surface area contributed by atoms with Crippen molar-refractivity contribution in [3.8, 4) is 11.5 Å². The molecule has 3 rings (SSSR count). The highest BCUT2D eigenvalue weighted by Gasteiger charge is 2.04. The first kappa shape index (κ1) is 18.5. The lowest BCUT2D eigenvalue weighted by Gasteiger charge is -2.09. The molecule has 0 saturated carbocycles. The fraction of sp³-hybridized carbons (Fsp3) is 0.174. The Hall–Kier alpha value is -3.27. The van der Waals surface area contributed by atoms with E-state index in [-0.39, 0.29) is 12.5 Å². The van der Waals surface area contributed by atoms with Crippen molar-refractivity contribution in [3.05, 3.63) is 90.5 Å². The van der Waals surface area contributed by atoms with E-state index in [0.29, 0.717) is 18.0 Å². The summed E-state index contributed by atoms with van der Waals surface area (Å²) in [5.74, 6) is 1.27. The van der Waals surface area contributed by atoms with E-state index in [1.165, 1.54) is 5.56 Å². The van der Waals surface area contributed by atoms with Crippen LogP contribution in [0, 0.1) is 0 Å². The Labute approximate surface area is 159 Å². The van der Waals surface area contributed by atoms with Gasteiger partial charge in [0.25, 0.3) is 5.91 Å². The molecule has 1 amide bonds. The molecule has 0 unspecified atom stereocenters. The molecule has 3 aromatic carbocycles. The highest BCUT2D eigenvalue weighted by Crippen LogP contribution is 2.16. The van der Waals surface area contributed by atoms with E-state index >= 15 is 0 Å². The van der Waals surface area contributed by atoms with Crippen molar-refractivity contribution >= 4 is 11.6 Å². The molecule has 4 nitrogen and oxygen atoms in total. The minimum absolute atomic E-state index is 0.0260. The van der Waals surface area contributed by atoms with Crippen LogP contribution >= 0.6 is 0 Å². The molecule has 0 aliphatic heterocycles. The van der Waals surface area contributed by atoms with Crippen LogP contribution < -0.4 is 14.8 Å². The standard InChI is InChI=1S/C23H23NO3/c25-23(18-27-21-11-5-2-6-12-21)24-20-13-15-22(16-14-20)26-17-7-10-19-8-3-1-4-9-19/h1-6,8-9,11-16H,7,10,17-18H2,(H,24,25). The van der Waals surface area contributed by atoms with Crippen LogP contribution in [0.1, 0.15) is 12.0 Å². The number of carbonyl (C=O) groups excluding carboxylic acids is 1. The second kappa shape index (κ2) is 10.0. The lowest BCUT2D eigenvalue weighted by molar-refractivity contribution is -0.118. The van der Waals surface area contributed by atoms with Gasteiger partial charge >= 0.3 is 0 Å². The smallest absolute Gasteiger partial charge is 0.262 e. The van der Waals surface area contributed by atoms with Crippen molar-refractivity contribution < 1.29 is 14.3 Å². The molecule has 0 heterocycles. The molecule has 0 atom stereocenters. The highest BCUT2D eigenvalue weighted by atomic mass is 16.5. The first-order valence-corrected chi connectivity index (χ1v) is 9.04. The molecule has 3 aromatic rings. The molecule has 0 aliphatic carbocycles. The Kier molecular flexibility index (Phi) is 6.87. The summed E-state index contributed by atoms with van der Waals surface area (Å²) in [4.78, 5) is 11.9. The second-order valence-corrected chi connectivity index (χ2v) is 6.11. The molecule has 0 radical (unpaired) electrons. The Morgan fingerprint density at radius 3 is 2.07 bits per heavy atom. The minimum Gasteiger partial charge on any atom is -0.494 e. The first-order valence-electron chi connectivity index (χ1n) is 9.04. The number of amides is 1. The maximum atomic E-state index is 11.9. The van der Waals surface area contributed by atoms with E-state index in [9.17, 15) is 4.79 Å². The fourth-order valence-electron chi connectivity index (χ4n) is 2.61. The number of para-hydroxylation sites is 1. The van der Waals surface area contributed by atoms with Gasteiger partial charge in [-0.1, -0.05) is 48.5 Å². The zero-order valence-corrected chi connectivity index (χ0v) is 15.1. The Balaban J connectivity index is 1.37. The monoisotopic (exact) mass is 361 g/mol. The number of aryl methyl sites for hydroxylation is 1. The molecule has 27 heavy (non-hydrogen) atoms. The van der Waals surface area contributed by atoms with Crippen molar-refractivity contribution in [3.63, 3.8) is 0 Å². The van der Waals surface area contributed by atoms with Crippen LogP contribution in [0.2, 0.25) is 0 Å². The lowest BCUT2D eigenvalue weighted by atomic mass is 10.1. The predicted molar refractivity (Wildman–Crippen MR) is 107 cm³/mol.